The molecular formula is C21H21ClN6. The topological polar surface area (TPSA) is 77.7 Å². The lowest BCUT2D eigenvalue weighted by molar-refractivity contribution is 0.350. The van der Waals surface area contributed by atoms with Gasteiger partial charge in [0.1, 0.15) is 6.07 Å². The molecule has 1 fully saturated rings. The second-order valence-corrected chi connectivity index (χ2v) is 7.67. The van der Waals surface area contributed by atoms with E-state index in [2.05, 4.69) is 38.2 Å². The highest BCUT2D eigenvalue weighted by Gasteiger charge is 2.26. The Morgan fingerprint density at radius 3 is 2.82 bits per heavy atom. The molecule has 1 aliphatic heterocycles. The van der Waals surface area contributed by atoms with Gasteiger partial charge in [0.25, 0.3) is 0 Å². The van der Waals surface area contributed by atoms with E-state index in [-0.39, 0.29) is 5.28 Å². The van der Waals surface area contributed by atoms with Gasteiger partial charge in [-0.2, -0.15) is 5.26 Å². The molecular weight excluding hydrogens is 372 g/mol. The highest BCUT2D eigenvalue weighted by atomic mass is 35.5. The lowest BCUT2D eigenvalue weighted by Crippen LogP contribution is -2.48. The molecule has 0 bridgehead atoms. The number of nitriles is 1. The van der Waals surface area contributed by atoms with E-state index in [4.69, 9.17) is 11.6 Å². The molecule has 0 saturated carbocycles. The zero-order valence-electron chi connectivity index (χ0n) is 15.6. The maximum Gasteiger partial charge on any atom is 0.222 e. The number of rotatable bonds is 4. The molecule has 0 radical (unpaired) electrons. The molecule has 2 unspecified atom stereocenters. The molecule has 7 heteroatoms. The lowest BCUT2D eigenvalue weighted by atomic mass is 9.94. The monoisotopic (exact) mass is 392 g/mol. The fourth-order valence-corrected chi connectivity index (χ4v) is 4.01. The van der Waals surface area contributed by atoms with Crippen LogP contribution in [0.1, 0.15) is 24.5 Å². The maximum absolute atomic E-state index is 9.38. The third-order valence-corrected chi connectivity index (χ3v) is 5.33. The highest BCUT2D eigenvalue weighted by Crippen LogP contribution is 2.31. The first-order valence-electron chi connectivity index (χ1n) is 9.36. The number of fused-ring (bicyclic) bond motifs is 1. The molecule has 3 heterocycles. The molecule has 1 saturated heterocycles. The van der Waals surface area contributed by atoms with Crippen LogP contribution in [0.3, 0.4) is 0 Å². The van der Waals surface area contributed by atoms with Crippen molar-refractivity contribution < 1.29 is 0 Å². The summed E-state index contributed by atoms with van der Waals surface area (Å²) < 4.78 is 0. The van der Waals surface area contributed by atoms with Crippen LogP contribution in [0.15, 0.2) is 42.9 Å². The first-order chi connectivity index (χ1) is 13.6. The number of halogens is 1. The normalized spacial score (nSPS) is 19.5. The molecule has 0 amide bonds. The summed E-state index contributed by atoms with van der Waals surface area (Å²) in [6.45, 7) is 4.86. The van der Waals surface area contributed by atoms with Gasteiger partial charge in [-0.1, -0.05) is 6.92 Å². The molecule has 0 aliphatic carbocycles. The van der Waals surface area contributed by atoms with Gasteiger partial charge in [0, 0.05) is 60.9 Å². The lowest BCUT2D eigenvalue weighted by Gasteiger charge is -2.39. The van der Waals surface area contributed by atoms with E-state index in [1.807, 2.05) is 24.3 Å². The number of aromatic nitrogens is 3. The molecule has 1 aromatic carbocycles. The fraction of sp³-hybridized carbons (Fsp3) is 0.333. The van der Waals surface area contributed by atoms with Crippen molar-refractivity contribution >= 4 is 28.2 Å². The molecule has 28 heavy (non-hydrogen) atoms. The van der Waals surface area contributed by atoms with Crippen LogP contribution >= 0.6 is 11.6 Å². The van der Waals surface area contributed by atoms with Gasteiger partial charge >= 0.3 is 0 Å². The summed E-state index contributed by atoms with van der Waals surface area (Å²) in [6.07, 6.45) is 6.36. The Labute approximate surface area is 169 Å². The zero-order valence-corrected chi connectivity index (χ0v) is 16.4. The summed E-state index contributed by atoms with van der Waals surface area (Å²) in [4.78, 5) is 14.9. The number of benzene rings is 1. The van der Waals surface area contributed by atoms with Crippen LogP contribution in [0, 0.1) is 17.2 Å². The Morgan fingerprint density at radius 1 is 1.21 bits per heavy atom. The van der Waals surface area contributed by atoms with Crippen molar-refractivity contribution in [1.29, 1.82) is 5.26 Å². The van der Waals surface area contributed by atoms with E-state index in [0.717, 1.165) is 41.7 Å². The Morgan fingerprint density at radius 2 is 2.04 bits per heavy atom. The second kappa shape index (κ2) is 8.09. The molecule has 4 rings (SSSR count). The maximum atomic E-state index is 9.38. The van der Waals surface area contributed by atoms with Crippen LogP contribution in [0.25, 0.3) is 10.9 Å². The summed E-state index contributed by atoms with van der Waals surface area (Å²) in [5, 5.41) is 14.3. The highest BCUT2D eigenvalue weighted by molar-refractivity contribution is 6.28. The van der Waals surface area contributed by atoms with Crippen LogP contribution in [0.4, 0.5) is 5.69 Å². The largest absolute Gasteiger partial charge is 0.369 e. The summed E-state index contributed by atoms with van der Waals surface area (Å²) in [6, 6.07) is 10.5. The summed E-state index contributed by atoms with van der Waals surface area (Å²) in [5.74, 6) is 0.551. The zero-order chi connectivity index (χ0) is 19.5. The van der Waals surface area contributed by atoms with Crippen LogP contribution in [0.2, 0.25) is 5.28 Å². The Hall–Kier alpha value is -2.75. The van der Waals surface area contributed by atoms with E-state index in [9.17, 15) is 5.26 Å². The average Bonchev–Trinajstić information content (AvgIpc) is 2.72. The molecule has 0 spiro atoms. The summed E-state index contributed by atoms with van der Waals surface area (Å²) >= 11 is 5.76. The van der Waals surface area contributed by atoms with Gasteiger partial charge in [0.2, 0.25) is 5.28 Å². The van der Waals surface area contributed by atoms with Crippen molar-refractivity contribution in [2.75, 3.05) is 18.0 Å². The van der Waals surface area contributed by atoms with Gasteiger partial charge in [-0.05, 0) is 48.2 Å². The van der Waals surface area contributed by atoms with E-state index in [1.165, 1.54) is 0 Å². The first-order valence-corrected chi connectivity index (χ1v) is 9.74. The Kier molecular flexibility index (Phi) is 5.38. The van der Waals surface area contributed by atoms with E-state index < -0.39 is 0 Å². The molecule has 1 aliphatic rings. The van der Waals surface area contributed by atoms with Gasteiger partial charge in [-0.25, -0.2) is 9.97 Å². The first kappa shape index (κ1) is 18.6. The number of nitrogens with one attached hydrogen (secondary N) is 1. The van der Waals surface area contributed by atoms with Crippen molar-refractivity contribution in [3.8, 4) is 6.07 Å². The van der Waals surface area contributed by atoms with Crippen molar-refractivity contribution in [3.63, 3.8) is 0 Å². The average molecular weight is 393 g/mol. The van der Waals surface area contributed by atoms with Crippen LogP contribution in [0.5, 0.6) is 0 Å². The predicted octanol–water partition coefficient (Wildman–Crippen LogP) is 3.55. The summed E-state index contributed by atoms with van der Waals surface area (Å²) in [7, 11) is 0. The number of pyridine rings is 1. The SMILES string of the molecule is CC1CC(NCc2cnc(Cl)nc2)CN(c2ccc(C#N)c3ncccc23)C1. The van der Waals surface area contributed by atoms with E-state index in [1.54, 1.807) is 18.6 Å². The minimum absolute atomic E-state index is 0.266. The smallest absolute Gasteiger partial charge is 0.222 e. The number of hydrogen-bond donors (Lipinski definition) is 1. The van der Waals surface area contributed by atoms with E-state index >= 15 is 0 Å². The molecule has 6 nitrogen and oxygen atoms in total. The van der Waals surface area contributed by atoms with Crippen LogP contribution in [-0.4, -0.2) is 34.1 Å². The number of anilines is 1. The van der Waals surface area contributed by atoms with Crippen molar-refractivity contribution in [2.24, 2.45) is 5.92 Å². The third-order valence-electron chi connectivity index (χ3n) is 5.14. The number of nitrogens with zero attached hydrogens (tertiary/aromatic N) is 5. The van der Waals surface area contributed by atoms with Crippen LogP contribution < -0.4 is 10.2 Å². The van der Waals surface area contributed by atoms with Gasteiger partial charge in [0.05, 0.1) is 11.1 Å². The van der Waals surface area contributed by atoms with Gasteiger partial charge < -0.3 is 10.2 Å². The molecule has 3 aromatic rings. The third kappa shape index (κ3) is 3.91. The summed E-state index contributed by atoms with van der Waals surface area (Å²) in [5.41, 5.74) is 3.53. The molecule has 2 aromatic heterocycles. The van der Waals surface area contributed by atoms with Gasteiger partial charge in [-0.3, -0.25) is 4.98 Å². The van der Waals surface area contributed by atoms with Crippen LogP contribution in [-0.2, 0) is 6.54 Å². The number of hydrogen-bond acceptors (Lipinski definition) is 6. The standard InChI is InChI=1S/C21H21ClN6/c1-14-7-17(25-9-15-10-26-21(22)27-11-15)13-28(12-14)19-5-4-16(8-23)20-18(19)3-2-6-24-20/h2-6,10-11,14,17,25H,7,9,12-13H2,1H3. The second-order valence-electron chi connectivity index (χ2n) is 7.33. The predicted molar refractivity (Wildman–Crippen MR) is 110 cm³/mol. The quantitative estimate of drug-likeness (QED) is 0.684. The minimum Gasteiger partial charge on any atom is -0.369 e. The van der Waals surface area contributed by atoms with Crippen molar-refractivity contribution in [1.82, 2.24) is 20.3 Å². The Bertz CT molecular complexity index is 1010. The fourth-order valence-electron chi connectivity index (χ4n) is 3.91. The molecule has 1 N–H and O–H groups in total. The molecule has 142 valence electrons. The van der Waals surface area contributed by atoms with Crippen molar-refractivity contribution in [3.05, 3.63) is 59.3 Å². The van der Waals surface area contributed by atoms with Crippen molar-refractivity contribution in [2.45, 2.75) is 25.9 Å². The Balaban J connectivity index is 1.54. The minimum atomic E-state index is 0.266. The molecule has 2 atom stereocenters. The van der Waals surface area contributed by atoms with Gasteiger partial charge in [-0.15, -0.1) is 0 Å². The number of piperidine rings is 1. The van der Waals surface area contributed by atoms with E-state index in [0.29, 0.717) is 24.1 Å². The van der Waals surface area contributed by atoms with Gasteiger partial charge in [0.15, 0.2) is 0 Å².